The minimum atomic E-state index is -0.444. The van der Waals surface area contributed by atoms with Crippen molar-refractivity contribution >= 4 is 11.4 Å². The molecule has 0 saturated heterocycles. The fourth-order valence-corrected chi connectivity index (χ4v) is 2.26. The molecule has 7 nitrogen and oxygen atoms in total. The van der Waals surface area contributed by atoms with Crippen LogP contribution in [0.3, 0.4) is 0 Å². The van der Waals surface area contributed by atoms with Crippen molar-refractivity contribution < 1.29 is 9.85 Å². The van der Waals surface area contributed by atoms with E-state index in [4.69, 9.17) is 0 Å². The second kappa shape index (κ2) is 5.72. The highest BCUT2D eigenvalue weighted by atomic mass is 16.6. The molecule has 3 rings (SSSR count). The summed E-state index contributed by atoms with van der Waals surface area (Å²) in [6, 6.07) is 16.2. The van der Waals surface area contributed by atoms with Gasteiger partial charge in [0.15, 0.2) is 0 Å². The second-order valence-corrected chi connectivity index (χ2v) is 4.89. The van der Waals surface area contributed by atoms with Crippen LogP contribution in [0.2, 0.25) is 0 Å². The lowest BCUT2D eigenvalue weighted by atomic mass is 10.1. The number of nitrogens with zero attached hydrogens (tertiary/aromatic N) is 2. The summed E-state index contributed by atoms with van der Waals surface area (Å²) in [6.45, 7) is 0. The van der Waals surface area contributed by atoms with E-state index >= 15 is 0 Å². The molecule has 7 heteroatoms. The van der Waals surface area contributed by atoms with Gasteiger partial charge in [-0.25, -0.2) is 0 Å². The van der Waals surface area contributed by atoms with Crippen molar-refractivity contribution in [3.05, 3.63) is 80.9 Å². The summed E-state index contributed by atoms with van der Waals surface area (Å²) >= 11 is 0. The Bertz CT molecular complexity index is 795. The third-order valence-corrected chi connectivity index (χ3v) is 3.46. The Hall–Kier alpha value is -3.48. The van der Waals surface area contributed by atoms with E-state index in [2.05, 4.69) is 4.98 Å². The maximum atomic E-state index is 10.7. The van der Waals surface area contributed by atoms with Gasteiger partial charge in [-0.05, 0) is 47.5 Å². The predicted octanol–water partition coefficient (Wildman–Crippen LogP) is 4.17. The summed E-state index contributed by atoms with van der Waals surface area (Å²) in [7, 11) is 0. The lowest BCUT2D eigenvalue weighted by molar-refractivity contribution is -0.385. The topological polar surface area (TPSA) is 102 Å². The highest BCUT2D eigenvalue weighted by molar-refractivity contribution is 5.69. The number of nitro benzene ring substituents is 2. The maximum Gasteiger partial charge on any atom is 0.269 e. The summed E-state index contributed by atoms with van der Waals surface area (Å²) in [6.07, 6.45) is 0. The van der Waals surface area contributed by atoms with Crippen molar-refractivity contribution in [1.82, 2.24) is 4.98 Å². The minimum absolute atomic E-state index is 0.0379. The molecule has 0 aliphatic rings. The Labute approximate surface area is 130 Å². The number of hydrogen-bond donors (Lipinski definition) is 1. The molecule has 0 saturated carbocycles. The Morgan fingerprint density at radius 2 is 0.957 bits per heavy atom. The van der Waals surface area contributed by atoms with Crippen LogP contribution in [0.5, 0.6) is 0 Å². The van der Waals surface area contributed by atoms with Crippen molar-refractivity contribution in [2.75, 3.05) is 0 Å². The van der Waals surface area contributed by atoms with Gasteiger partial charge in [0.25, 0.3) is 11.4 Å². The number of nitro groups is 2. The number of aromatic nitrogens is 1. The Kier molecular flexibility index (Phi) is 3.60. The monoisotopic (exact) mass is 309 g/mol. The summed E-state index contributed by atoms with van der Waals surface area (Å²) in [5, 5.41) is 21.3. The van der Waals surface area contributed by atoms with Crippen LogP contribution < -0.4 is 0 Å². The van der Waals surface area contributed by atoms with Crippen LogP contribution in [-0.4, -0.2) is 14.8 Å². The van der Waals surface area contributed by atoms with Crippen LogP contribution in [0.1, 0.15) is 0 Å². The Balaban J connectivity index is 1.87. The van der Waals surface area contributed by atoms with Crippen LogP contribution in [0.15, 0.2) is 60.7 Å². The molecule has 0 radical (unpaired) electrons. The summed E-state index contributed by atoms with van der Waals surface area (Å²) in [5.41, 5.74) is 3.35. The van der Waals surface area contributed by atoms with Gasteiger partial charge in [-0.3, -0.25) is 20.2 Å². The van der Waals surface area contributed by atoms with Gasteiger partial charge in [0.05, 0.1) is 9.85 Å². The highest BCUT2D eigenvalue weighted by Crippen LogP contribution is 2.27. The molecule has 0 fully saturated rings. The first-order chi connectivity index (χ1) is 11.0. The van der Waals surface area contributed by atoms with Crippen molar-refractivity contribution in [2.45, 2.75) is 0 Å². The molecule has 23 heavy (non-hydrogen) atoms. The van der Waals surface area contributed by atoms with Gasteiger partial charge in [-0.2, -0.15) is 0 Å². The van der Waals surface area contributed by atoms with E-state index in [1.807, 2.05) is 12.1 Å². The van der Waals surface area contributed by atoms with Gasteiger partial charge < -0.3 is 4.98 Å². The van der Waals surface area contributed by atoms with E-state index in [-0.39, 0.29) is 11.4 Å². The van der Waals surface area contributed by atoms with E-state index in [0.717, 1.165) is 22.5 Å². The lowest BCUT2D eigenvalue weighted by Gasteiger charge is -2.00. The molecular weight excluding hydrogens is 298 g/mol. The molecule has 0 atom stereocenters. The number of non-ortho nitro benzene ring substituents is 2. The van der Waals surface area contributed by atoms with Crippen molar-refractivity contribution in [3.63, 3.8) is 0 Å². The third kappa shape index (κ3) is 2.93. The molecule has 114 valence electrons. The molecule has 1 heterocycles. The number of hydrogen-bond acceptors (Lipinski definition) is 4. The van der Waals surface area contributed by atoms with E-state index in [1.165, 1.54) is 24.3 Å². The second-order valence-electron chi connectivity index (χ2n) is 4.89. The largest absolute Gasteiger partial charge is 0.355 e. The van der Waals surface area contributed by atoms with Gasteiger partial charge in [-0.15, -0.1) is 0 Å². The normalized spacial score (nSPS) is 10.4. The van der Waals surface area contributed by atoms with E-state index in [0.29, 0.717) is 0 Å². The van der Waals surface area contributed by atoms with Crippen LogP contribution >= 0.6 is 0 Å². The first kappa shape index (κ1) is 14.5. The van der Waals surface area contributed by atoms with E-state index < -0.39 is 9.85 Å². The molecule has 0 aliphatic heterocycles. The maximum absolute atomic E-state index is 10.7. The standard InChI is InChI=1S/C16H11N3O4/c20-18(21)13-5-1-11(2-6-13)15-9-10-16(17-15)12-3-7-14(8-4-12)19(22)23/h1-10,17H. The number of nitrogens with one attached hydrogen (secondary N) is 1. The first-order valence-corrected chi connectivity index (χ1v) is 6.73. The fraction of sp³-hybridized carbons (Fsp3) is 0. The van der Waals surface area contributed by atoms with Gasteiger partial charge in [0.2, 0.25) is 0 Å². The molecule has 0 aliphatic carbocycles. The summed E-state index contributed by atoms with van der Waals surface area (Å²) < 4.78 is 0. The lowest BCUT2D eigenvalue weighted by Crippen LogP contribution is -1.88. The molecule has 3 aromatic rings. The Morgan fingerprint density at radius 1 is 0.609 bits per heavy atom. The average Bonchev–Trinajstić information content (AvgIpc) is 3.05. The molecule has 1 aromatic heterocycles. The summed E-state index contributed by atoms with van der Waals surface area (Å²) in [5.74, 6) is 0. The van der Waals surface area contributed by atoms with Crippen LogP contribution in [0.25, 0.3) is 22.5 Å². The average molecular weight is 309 g/mol. The quantitative estimate of drug-likeness (QED) is 0.577. The van der Waals surface area contributed by atoms with Gasteiger partial charge >= 0.3 is 0 Å². The zero-order valence-electron chi connectivity index (χ0n) is 11.8. The van der Waals surface area contributed by atoms with Crippen molar-refractivity contribution in [1.29, 1.82) is 0 Å². The number of aromatic amines is 1. The first-order valence-electron chi connectivity index (χ1n) is 6.73. The van der Waals surface area contributed by atoms with Crippen molar-refractivity contribution in [3.8, 4) is 22.5 Å². The minimum Gasteiger partial charge on any atom is -0.355 e. The smallest absolute Gasteiger partial charge is 0.269 e. The SMILES string of the molecule is O=[N+]([O-])c1ccc(-c2ccc(-c3ccc([N+](=O)[O-])cc3)[nH]2)cc1. The van der Waals surface area contributed by atoms with Crippen LogP contribution in [0, 0.1) is 20.2 Å². The molecular formula is C16H11N3O4. The van der Waals surface area contributed by atoms with Gasteiger partial charge in [0.1, 0.15) is 0 Å². The molecule has 0 spiro atoms. The Morgan fingerprint density at radius 3 is 1.26 bits per heavy atom. The molecule has 0 unspecified atom stereocenters. The molecule has 2 aromatic carbocycles. The van der Waals surface area contributed by atoms with Gasteiger partial charge in [0, 0.05) is 35.7 Å². The molecule has 0 amide bonds. The highest BCUT2D eigenvalue weighted by Gasteiger charge is 2.09. The van der Waals surface area contributed by atoms with Gasteiger partial charge in [-0.1, -0.05) is 0 Å². The number of benzene rings is 2. The molecule has 0 bridgehead atoms. The summed E-state index contributed by atoms with van der Waals surface area (Å²) in [4.78, 5) is 23.6. The molecule has 1 N–H and O–H groups in total. The van der Waals surface area contributed by atoms with Crippen LogP contribution in [-0.2, 0) is 0 Å². The third-order valence-electron chi connectivity index (χ3n) is 3.46. The number of H-pyrrole nitrogens is 1. The zero-order valence-corrected chi connectivity index (χ0v) is 11.8. The number of rotatable bonds is 4. The van der Waals surface area contributed by atoms with Crippen LogP contribution in [0.4, 0.5) is 11.4 Å². The fourth-order valence-electron chi connectivity index (χ4n) is 2.26. The predicted molar refractivity (Wildman–Crippen MR) is 85.0 cm³/mol. The van der Waals surface area contributed by atoms with E-state index in [1.54, 1.807) is 24.3 Å². The van der Waals surface area contributed by atoms with Crippen molar-refractivity contribution in [2.24, 2.45) is 0 Å². The van der Waals surface area contributed by atoms with E-state index in [9.17, 15) is 20.2 Å². The zero-order chi connectivity index (χ0) is 16.4.